The molecule has 1 aliphatic carbocycles. The summed E-state index contributed by atoms with van der Waals surface area (Å²) < 4.78 is 2.08. The van der Waals surface area contributed by atoms with Crippen LogP contribution in [0.4, 0.5) is 11.5 Å². The minimum atomic E-state index is -0.551. The van der Waals surface area contributed by atoms with E-state index < -0.39 is 5.91 Å². The number of likely N-dealkylation sites (tertiary alicyclic amines) is 1. The Morgan fingerprint density at radius 1 is 1.22 bits per heavy atom. The smallest absolute Gasteiger partial charge is 0.252 e. The van der Waals surface area contributed by atoms with Crippen LogP contribution >= 0.6 is 0 Å². The first-order valence-electron chi connectivity index (χ1n) is 12.5. The van der Waals surface area contributed by atoms with Gasteiger partial charge in [-0.25, -0.2) is 4.98 Å². The summed E-state index contributed by atoms with van der Waals surface area (Å²) >= 11 is 0. The molecule has 1 aromatic carbocycles. The average molecular weight is 495 g/mol. The van der Waals surface area contributed by atoms with Gasteiger partial charge in [-0.2, -0.15) is 0 Å². The summed E-state index contributed by atoms with van der Waals surface area (Å²) in [4.78, 5) is 30.7. The van der Waals surface area contributed by atoms with Crippen molar-refractivity contribution in [2.75, 3.05) is 17.2 Å². The van der Waals surface area contributed by atoms with E-state index in [1.54, 1.807) is 6.07 Å². The lowest BCUT2D eigenvalue weighted by molar-refractivity contribution is -0.130. The van der Waals surface area contributed by atoms with Crippen LogP contribution in [0.3, 0.4) is 0 Å². The van der Waals surface area contributed by atoms with Gasteiger partial charge in [0.05, 0.1) is 22.5 Å². The fourth-order valence-electron chi connectivity index (χ4n) is 4.77. The number of carbonyl (C=O) groups is 2. The number of nitrogens with two attached hydrogens (primary N) is 1. The first-order chi connectivity index (χ1) is 18.0. The molecule has 1 fully saturated rings. The maximum absolute atomic E-state index is 12.4. The van der Waals surface area contributed by atoms with Crippen LogP contribution in [0.5, 0.6) is 0 Å². The van der Waals surface area contributed by atoms with Crippen LogP contribution in [-0.4, -0.2) is 32.8 Å². The molecule has 1 aliphatic heterocycles. The number of nitrogens with one attached hydrogen (secondary N) is 2. The summed E-state index contributed by atoms with van der Waals surface area (Å²) in [7, 11) is 2.01. The summed E-state index contributed by atoms with van der Waals surface area (Å²) in [5, 5.41) is 7.80. The van der Waals surface area contributed by atoms with E-state index in [0.29, 0.717) is 42.2 Å². The van der Waals surface area contributed by atoms with E-state index in [-0.39, 0.29) is 5.91 Å². The van der Waals surface area contributed by atoms with Crippen LogP contribution in [0, 0.1) is 0 Å². The van der Waals surface area contributed by atoms with Gasteiger partial charge in [-0.1, -0.05) is 30.0 Å². The molecule has 8 heteroatoms. The summed E-state index contributed by atoms with van der Waals surface area (Å²) in [6.07, 6.45) is 14.5. The monoisotopic (exact) mass is 494 g/mol. The maximum atomic E-state index is 12.4. The highest BCUT2D eigenvalue weighted by Crippen LogP contribution is 2.24. The van der Waals surface area contributed by atoms with Crippen molar-refractivity contribution in [1.82, 2.24) is 14.5 Å². The molecule has 2 aliphatic rings. The SMILES string of the molecule is Cn1ccc2cccc(CNc3cc(NC4=C=CC/C=C(N5CCCCC5=O)\C=C/4)ncc3C(N)=O)c21. The van der Waals surface area contributed by atoms with E-state index in [1.807, 2.05) is 48.5 Å². The number of piperidine rings is 1. The quantitative estimate of drug-likeness (QED) is 0.417. The van der Waals surface area contributed by atoms with Crippen LogP contribution < -0.4 is 16.4 Å². The van der Waals surface area contributed by atoms with Gasteiger partial charge < -0.3 is 25.8 Å². The number of rotatable bonds is 7. The van der Waals surface area contributed by atoms with Crippen molar-refractivity contribution < 1.29 is 9.59 Å². The lowest BCUT2D eigenvalue weighted by Crippen LogP contribution is -2.34. The van der Waals surface area contributed by atoms with E-state index >= 15 is 0 Å². The number of hydrogen-bond acceptors (Lipinski definition) is 5. The van der Waals surface area contributed by atoms with Crippen molar-refractivity contribution in [3.8, 4) is 0 Å². The van der Waals surface area contributed by atoms with Gasteiger partial charge >= 0.3 is 0 Å². The number of carbonyl (C=O) groups excluding carboxylic acids is 2. The summed E-state index contributed by atoms with van der Waals surface area (Å²) in [5.74, 6) is 0.158. The highest BCUT2D eigenvalue weighted by Gasteiger charge is 2.20. The van der Waals surface area contributed by atoms with Crippen molar-refractivity contribution >= 4 is 34.2 Å². The van der Waals surface area contributed by atoms with Crippen molar-refractivity contribution in [3.63, 3.8) is 0 Å². The Bertz CT molecular complexity index is 1490. The number of allylic oxidation sites excluding steroid dienone is 3. The van der Waals surface area contributed by atoms with Crippen molar-refractivity contribution in [2.24, 2.45) is 12.8 Å². The Morgan fingerprint density at radius 2 is 2.11 bits per heavy atom. The molecule has 188 valence electrons. The molecule has 3 aromatic rings. The Hall–Kier alpha value is -4.55. The minimum Gasteiger partial charge on any atom is -0.380 e. The molecule has 0 bridgehead atoms. The van der Waals surface area contributed by atoms with Gasteiger partial charge in [0.15, 0.2) is 0 Å². The summed E-state index contributed by atoms with van der Waals surface area (Å²) in [6.45, 7) is 1.26. The molecule has 0 spiro atoms. The van der Waals surface area contributed by atoms with E-state index in [2.05, 4.69) is 44.1 Å². The third-order valence-electron chi connectivity index (χ3n) is 6.64. The molecule has 4 N–H and O–H groups in total. The fourth-order valence-corrected chi connectivity index (χ4v) is 4.77. The number of aryl methyl sites for hydroxylation is 1. The molecule has 0 atom stereocenters. The topological polar surface area (TPSA) is 105 Å². The van der Waals surface area contributed by atoms with Gasteiger partial charge in [-0.15, -0.1) is 0 Å². The average Bonchev–Trinajstić information content (AvgIpc) is 3.26. The van der Waals surface area contributed by atoms with E-state index in [4.69, 9.17) is 5.73 Å². The molecule has 8 nitrogen and oxygen atoms in total. The largest absolute Gasteiger partial charge is 0.380 e. The van der Waals surface area contributed by atoms with Crippen molar-refractivity contribution in [2.45, 2.75) is 32.2 Å². The second kappa shape index (κ2) is 10.6. The normalized spacial score (nSPS) is 18.0. The van der Waals surface area contributed by atoms with E-state index in [1.165, 1.54) is 6.20 Å². The fraction of sp³-hybridized carbons (Fsp3) is 0.241. The number of hydrogen-bond donors (Lipinski definition) is 3. The highest BCUT2D eigenvalue weighted by atomic mass is 16.2. The molecular weight excluding hydrogens is 464 g/mol. The van der Waals surface area contributed by atoms with Crippen molar-refractivity contribution in [3.05, 3.63) is 95.3 Å². The van der Waals surface area contributed by atoms with Gasteiger partial charge in [0.1, 0.15) is 5.82 Å². The summed E-state index contributed by atoms with van der Waals surface area (Å²) in [5.41, 5.74) is 13.6. The first-order valence-corrected chi connectivity index (χ1v) is 12.5. The van der Waals surface area contributed by atoms with Crippen molar-refractivity contribution in [1.29, 1.82) is 0 Å². The van der Waals surface area contributed by atoms with Crippen LogP contribution in [0.15, 0.2) is 84.2 Å². The number of fused-ring (bicyclic) bond motifs is 1. The second-order valence-corrected chi connectivity index (χ2v) is 9.20. The van der Waals surface area contributed by atoms with Crippen LogP contribution in [-0.2, 0) is 18.4 Å². The van der Waals surface area contributed by atoms with Gasteiger partial charge in [0, 0.05) is 50.7 Å². The molecule has 2 amide bonds. The minimum absolute atomic E-state index is 0.163. The number of anilines is 2. The lowest BCUT2D eigenvalue weighted by Gasteiger charge is -2.28. The number of aromatic nitrogens is 2. The van der Waals surface area contributed by atoms with Gasteiger partial charge in [-0.3, -0.25) is 9.59 Å². The van der Waals surface area contributed by atoms with Crippen LogP contribution in [0.25, 0.3) is 10.9 Å². The predicted molar refractivity (Wildman–Crippen MR) is 146 cm³/mol. The van der Waals surface area contributed by atoms with Crippen LogP contribution in [0.2, 0.25) is 0 Å². The number of pyridine rings is 1. The molecule has 5 rings (SSSR count). The zero-order chi connectivity index (χ0) is 25.8. The van der Waals surface area contributed by atoms with Gasteiger partial charge in [0.2, 0.25) is 5.91 Å². The second-order valence-electron chi connectivity index (χ2n) is 9.20. The number of benzene rings is 1. The molecule has 2 aromatic heterocycles. The molecule has 37 heavy (non-hydrogen) atoms. The Kier molecular flexibility index (Phi) is 6.92. The summed E-state index contributed by atoms with van der Waals surface area (Å²) in [6, 6.07) is 10.0. The molecular formula is C29H30N6O2. The number of para-hydroxylation sites is 1. The standard InChI is InChI=1S/C29H30N6O2/c1-34-16-14-20-7-6-8-21(28(20)34)18-31-25-17-26(32-19-24(25)29(30)37)33-22-9-2-3-10-23(13-12-22)35-15-5-4-11-27(35)36/h2,6-8,10,12-14,16-17,19H,3-5,11,15,18H2,1H3,(H2,30,37)(H2,31,32,33)/b13-12-,23-10+. The Morgan fingerprint density at radius 3 is 2.95 bits per heavy atom. The highest BCUT2D eigenvalue weighted by molar-refractivity contribution is 5.98. The molecule has 1 saturated heterocycles. The van der Waals surface area contributed by atoms with Gasteiger partial charge in [0.25, 0.3) is 5.91 Å². The van der Waals surface area contributed by atoms with E-state index in [9.17, 15) is 9.59 Å². The maximum Gasteiger partial charge on any atom is 0.252 e. The predicted octanol–water partition coefficient (Wildman–Crippen LogP) is 4.59. The number of amides is 2. The third-order valence-corrected chi connectivity index (χ3v) is 6.64. The van der Waals surface area contributed by atoms with E-state index in [0.717, 1.165) is 41.5 Å². The Balaban J connectivity index is 1.35. The number of primary amides is 1. The zero-order valence-corrected chi connectivity index (χ0v) is 20.8. The number of nitrogens with zero attached hydrogens (tertiary/aromatic N) is 3. The molecule has 0 saturated carbocycles. The third kappa shape index (κ3) is 5.34. The van der Waals surface area contributed by atoms with Crippen LogP contribution in [0.1, 0.15) is 41.6 Å². The molecule has 0 unspecified atom stereocenters. The Labute approximate surface area is 215 Å². The molecule has 3 heterocycles. The zero-order valence-electron chi connectivity index (χ0n) is 20.8. The lowest BCUT2D eigenvalue weighted by atomic mass is 10.1. The first kappa shape index (κ1) is 24.2. The van der Waals surface area contributed by atoms with Gasteiger partial charge in [-0.05, 0) is 54.5 Å². The molecule has 0 radical (unpaired) electrons.